The molecule has 1 N–H and O–H groups in total. The number of hydrogen-bond acceptors (Lipinski definition) is 6. The van der Waals surface area contributed by atoms with E-state index in [1.165, 1.54) is 4.31 Å². The highest BCUT2D eigenvalue weighted by Gasteiger charge is 2.29. The van der Waals surface area contributed by atoms with E-state index in [2.05, 4.69) is 15.0 Å². The van der Waals surface area contributed by atoms with Gasteiger partial charge in [0.05, 0.1) is 12.3 Å². The molecule has 11 heteroatoms. The molecule has 2 heterocycles. The molecular weight excluding hydrogens is 396 g/mol. The van der Waals surface area contributed by atoms with Gasteiger partial charge in [0.1, 0.15) is 0 Å². The number of carbonyl (C=O) groups excluding carboxylic acids is 1. The average molecular weight is 425 g/mol. The maximum Gasteiger partial charge on any atom is 0.233 e. The molecule has 29 heavy (non-hydrogen) atoms. The van der Waals surface area contributed by atoms with Crippen LogP contribution in [0.5, 0.6) is 0 Å². The number of sulfonamides is 1. The van der Waals surface area contributed by atoms with E-state index < -0.39 is 10.0 Å². The molecule has 0 aromatic carbocycles. The number of aliphatic imine (C=N–C) groups is 2. The van der Waals surface area contributed by atoms with Crippen LogP contribution in [0.4, 0.5) is 0 Å². The molecule has 160 valence electrons. The average Bonchev–Trinajstić information content (AvgIpc) is 2.71. The van der Waals surface area contributed by atoms with Gasteiger partial charge in [0.2, 0.25) is 22.4 Å². The molecule has 1 aliphatic rings. The zero-order chi connectivity index (χ0) is 21.3. The van der Waals surface area contributed by atoms with Gasteiger partial charge in [-0.25, -0.2) is 18.5 Å². The second-order valence-corrected chi connectivity index (χ2v) is 8.87. The van der Waals surface area contributed by atoms with E-state index in [0.717, 1.165) is 5.69 Å². The summed E-state index contributed by atoms with van der Waals surface area (Å²) in [5, 5.41) is 9.69. The minimum absolute atomic E-state index is 0.0275. The van der Waals surface area contributed by atoms with Gasteiger partial charge in [-0.05, 0) is 18.1 Å². The quantitative estimate of drug-likeness (QED) is 0.208. The summed E-state index contributed by atoms with van der Waals surface area (Å²) >= 11 is 0. The fourth-order valence-corrected chi connectivity index (χ4v) is 4.82. The summed E-state index contributed by atoms with van der Waals surface area (Å²) in [6.07, 6.45) is 4.34. The molecule has 1 fully saturated rings. The number of nitrogens with zero attached hydrogens (tertiary/aromatic N) is 6. The van der Waals surface area contributed by atoms with Crippen molar-refractivity contribution in [3.05, 3.63) is 30.1 Å². The van der Waals surface area contributed by atoms with Gasteiger partial charge in [-0.2, -0.15) is 4.31 Å². The van der Waals surface area contributed by atoms with Gasteiger partial charge >= 0.3 is 0 Å². The smallest absolute Gasteiger partial charge is 0.233 e. The summed E-state index contributed by atoms with van der Waals surface area (Å²) in [5.41, 5.74) is 0.910. The second-order valence-electron chi connectivity index (χ2n) is 6.86. The first kappa shape index (κ1) is 22.9. The Morgan fingerprint density at radius 1 is 1.34 bits per heavy atom. The van der Waals surface area contributed by atoms with Crippen LogP contribution in [-0.4, -0.2) is 97.0 Å². The van der Waals surface area contributed by atoms with Crippen molar-refractivity contribution in [2.24, 2.45) is 15.9 Å². The maximum atomic E-state index is 12.6. The van der Waals surface area contributed by atoms with Crippen LogP contribution in [0, 0.1) is 5.92 Å². The summed E-state index contributed by atoms with van der Waals surface area (Å²) in [6, 6.07) is 5.70. The Labute approximate surface area is 171 Å². The topological polar surface area (TPSA) is 119 Å². The van der Waals surface area contributed by atoms with Crippen LogP contribution in [0.15, 0.2) is 34.4 Å². The summed E-state index contributed by atoms with van der Waals surface area (Å²) in [6.45, 7) is 3.29. The van der Waals surface area contributed by atoms with Crippen molar-refractivity contribution in [2.75, 3.05) is 45.5 Å². The fourth-order valence-electron chi connectivity index (χ4n) is 3.07. The van der Waals surface area contributed by atoms with E-state index in [0.29, 0.717) is 43.6 Å². The Hall–Kier alpha value is -2.37. The number of carbonyl (C=O) groups is 1. The number of aromatic nitrogens is 1. The van der Waals surface area contributed by atoms with Crippen molar-refractivity contribution in [1.29, 1.82) is 0 Å². The number of hydroxylamine groups is 2. The summed E-state index contributed by atoms with van der Waals surface area (Å²) < 4.78 is 26.6. The van der Waals surface area contributed by atoms with Crippen molar-refractivity contribution in [3.8, 4) is 0 Å². The first-order valence-electron chi connectivity index (χ1n) is 9.38. The highest BCUT2D eigenvalue weighted by atomic mass is 32.2. The van der Waals surface area contributed by atoms with Crippen molar-refractivity contribution in [1.82, 2.24) is 19.3 Å². The molecule has 1 amide bonds. The van der Waals surface area contributed by atoms with Crippen LogP contribution in [0.1, 0.15) is 12.6 Å². The number of rotatable bonds is 8. The third kappa shape index (κ3) is 7.18. The molecule has 2 rings (SSSR count). The zero-order valence-corrected chi connectivity index (χ0v) is 17.6. The van der Waals surface area contributed by atoms with E-state index in [1.54, 1.807) is 26.4 Å². The Morgan fingerprint density at radius 3 is 2.66 bits per heavy atom. The Bertz CT molecular complexity index is 807. The van der Waals surface area contributed by atoms with E-state index in [1.807, 2.05) is 23.1 Å². The molecule has 1 atom stereocenters. The maximum absolute atomic E-state index is 12.6. The third-order valence-electron chi connectivity index (χ3n) is 4.46. The van der Waals surface area contributed by atoms with Crippen molar-refractivity contribution in [2.45, 2.75) is 13.3 Å². The van der Waals surface area contributed by atoms with Crippen LogP contribution >= 0.6 is 0 Å². The summed E-state index contributed by atoms with van der Waals surface area (Å²) in [4.78, 5) is 25.3. The Balaban J connectivity index is 1.87. The number of piperazine rings is 1. The predicted molar refractivity (Wildman–Crippen MR) is 110 cm³/mol. The standard InChI is InChI=1S/C18H28N6O4S/c1-16(13-23(26)15-25)14-29(27,28)24-11-9-22(10-12-24)18(19-2)21-8-6-17-5-3-4-7-20-17/h3-5,7-8,15-16,26H,6,9-14H2,1-2H3/b19-18?,21-8-. The van der Waals surface area contributed by atoms with Crippen molar-refractivity contribution < 1.29 is 18.4 Å². The van der Waals surface area contributed by atoms with Gasteiger partial charge in [-0.15, -0.1) is 0 Å². The third-order valence-corrected chi connectivity index (χ3v) is 6.61. The highest BCUT2D eigenvalue weighted by Crippen LogP contribution is 2.13. The van der Waals surface area contributed by atoms with Crippen molar-refractivity contribution in [3.63, 3.8) is 0 Å². The molecular formula is C18H28N6O4S. The number of amides is 1. The summed E-state index contributed by atoms with van der Waals surface area (Å²) in [5.74, 6) is 0.0555. The van der Waals surface area contributed by atoms with Crippen LogP contribution in [0.2, 0.25) is 0 Å². The normalized spacial score (nSPS) is 17.5. The second kappa shape index (κ2) is 11.0. The van der Waals surface area contributed by atoms with Gasteiger partial charge in [-0.1, -0.05) is 13.0 Å². The molecule has 10 nitrogen and oxygen atoms in total. The SMILES string of the molecule is CN=C(/N=C\Cc1ccccn1)N1CCN(S(=O)(=O)CC(C)CN(O)C=O)CC1. The van der Waals surface area contributed by atoms with E-state index in [9.17, 15) is 18.4 Å². The zero-order valence-electron chi connectivity index (χ0n) is 16.8. The Kier molecular flexibility index (Phi) is 8.68. The lowest BCUT2D eigenvalue weighted by Gasteiger charge is -2.35. The molecule has 0 radical (unpaired) electrons. The van der Waals surface area contributed by atoms with Crippen molar-refractivity contribution >= 4 is 28.6 Å². The van der Waals surface area contributed by atoms with E-state index in [-0.39, 0.29) is 24.6 Å². The van der Waals surface area contributed by atoms with Gasteiger partial charge in [0.25, 0.3) is 0 Å². The first-order valence-corrected chi connectivity index (χ1v) is 11.0. The molecule has 0 bridgehead atoms. The van der Waals surface area contributed by atoms with E-state index in [4.69, 9.17) is 0 Å². The lowest BCUT2D eigenvalue weighted by Crippen LogP contribution is -2.51. The lowest BCUT2D eigenvalue weighted by molar-refractivity contribution is -0.151. The molecule has 1 unspecified atom stereocenters. The van der Waals surface area contributed by atoms with Gasteiger partial charge in [-0.3, -0.25) is 20.0 Å². The fraction of sp³-hybridized carbons (Fsp3) is 0.556. The monoisotopic (exact) mass is 424 g/mol. The molecule has 0 aliphatic carbocycles. The highest BCUT2D eigenvalue weighted by molar-refractivity contribution is 7.89. The van der Waals surface area contributed by atoms with Gasteiger partial charge in [0.15, 0.2) is 0 Å². The minimum Gasteiger partial charge on any atom is -0.338 e. The van der Waals surface area contributed by atoms with Crippen LogP contribution in [0.25, 0.3) is 0 Å². The van der Waals surface area contributed by atoms with Gasteiger partial charge < -0.3 is 4.90 Å². The molecule has 1 aromatic rings. The number of pyridine rings is 1. The molecule has 1 aliphatic heterocycles. The van der Waals surface area contributed by atoms with Gasteiger partial charge in [0, 0.05) is 57.8 Å². The lowest BCUT2D eigenvalue weighted by atomic mass is 10.2. The molecule has 0 spiro atoms. The van der Waals surface area contributed by atoms with Crippen LogP contribution in [0.3, 0.4) is 0 Å². The van der Waals surface area contributed by atoms with Crippen LogP contribution in [-0.2, 0) is 21.2 Å². The summed E-state index contributed by atoms with van der Waals surface area (Å²) in [7, 11) is -1.82. The number of hydrogen-bond donors (Lipinski definition) is 1. The molecule has 0 saturated carbocycles. The molecule has 1 saturated heterocycles. The first-order chi connectivity index (χ1) is 13.9. The predicted octanol–water partition coefficient (Wildman–Crippen LogP) is 0.112. The van der Waals surface area contributed by atoms with Crippen LogP contribution < -0.4 is 0 Å². The number of guanidine groups is 1. The van der Waals surface area contributed by atoms with E-state index >= 15 is 0 Å². The Morgan fingerprint density at radius 2 is 2.07 bits per heavy atom. The molecule has 1 aromatic heterocycles. The largest absolute Gasteiger partial charge is 0.338 e. The minimum atomic E-state index is -3.48.